The summed E-state index contributed by atoms with van der Waals surface area (Å²) >= 11 is 6.26. The first-order valence-electron chi connectivity index (χ1n) is 11.3. The molecule has 0 aliphatic carbocycles. The van der Waals surface area contributed by atoms with Crippen LogP contribution in [0.3, 0.4) is 0 Å². The van der Waals surface area contributed by atoms with Crippen LogP contribution in [0, 0.1) is 4.91 Å². The molecule has 0 bridgehead atoms. The number of benzene rings is 3. The number of halogens is 1. The first kappa shape index (κ1) is 23.7. The van der Waals surface area contributed by atoms with Crippen molar-refractivity contribution in [2.24, 2.45) is 19.3 Å². The monoisotopic (exact) mass is 498 g/mol. The summed E-state index contributed by atoms with van der Waals surface area (Å²) in [5, 5.41) is 16.7. The van der Waals surface area contributed by atoms with Crippen LogP contribution in [0.15, 0.2) is 95.3 Å². The number of aromatic nitrogens is 3. The number of aliphatic hydroxyl groups is 1. The molecule has 0 aliphatic rings. The van der Waals surface area contributed by atoms with Crippen molar-refractivity contribution >= 4 is 22.5 Å². The fourth-order valence-electron chi connectivity index (χ4n) is 4.68. The molecule has 1 N–H and O–H groups in total. The van der Waals surface area contributed by atoms with Gasteiger partial charge in [0.1, 0.15) is 6.54 Å². The number of hydrogen-bond acceptors (Lipinski definition) is 5. The number of rotatable bonds is 6. The van der Waals surface area contributed by atoms with Gasteiger partial charge in [-0.15, -0.1) is 0 Å². The molecular formula is C28H23ClN4O3. The molecule has 1 unspecified atom stereocenters. The van der Waals surface area contributed by atoms with E-state index in [1.54, 1.807) is 65.1 Å². The number of nitroso groups, excluding NO2 is 1. The Morgan fingerprint density at radius 2 is 1.75 bits per heavy atom. The lowest BCUT2D eigenvalue weighted by molar-refractivity contribution is 0.117. The second kappa shape index (κ2) is 9.18. The van der Waals surface area contributed by atoms with Crippen LogP contribution in [0.2, 0.25) is 5.02 Å². The third-order valence-electron chi connectivity index (χ3n) is 6.61. The molecular weight excluding hydrogens is 476 g/mol. The number of pyridine rings is 1. The number of fused-ring (bicyclic) bond motifs is 1. The highest BCUT2D eigenvalue weighted by molar-refractivity contribution is 6.30. The van der Waals surface area contributed by atoms with Crippen molar-refractivity contribution in [2.75, 3.05) is 0 Å². The van der Waals surface area contributed by atoms with Gasteiger partial charge in [-0.25, -0.2) is 4.98 Å². The first-order valence-corrected chi connectivity index (χ1v) is 11.7. The molecule has 1 atom stereocenters. The van der Waals surface area contributed by atoms with Gasteiger partial charge in [0.25, 0.3) is 5.56 Å². The van der Waals surface area contributed by atoms with Gasteiger partial charge in [-0.05, 0) is 52.1 Å². The van der Waals surface area contributed by atoms with Crippen molar-refractivity contribution < 1.29 is 5.11 Å². The highest BCUT2D eigenvalue weighted by Gasteiger charge is 2.37. The largest absolute Gasteiger partial charge is 0.374 e. The second-order valence-electron chi connectivity index (χ2n) is 8.78. The Kier molecular flexibility index (Phi) is 6.04. The molecule has 3 aromatic carbocycles. The fraction of sp³-hybridized carbons (Fsp3) is 0.143. The van der Waals surface area contributed by atoms with E-state index in [1.165, 1.54) is 0 Å². The van der Waals surface area contributed by atoms with E-state index in [9.17, 15) is 14.8 Å². The Morgan fingerprint density at radius 3 is 2.42 bits per heavy atom. The topological polar surface area (TPSA) is 89.5 Å². The predicted octanol–water partition coefficient (Wildman–Crippen LogP) is 5.14. The zero-order chi connectivity index (χ0) is 25.4. The molecule has 0 radical (unpaired) electrons. The quantitative estimate of drug-likeness (QED) is 0.328. The number of imidazole rings is 1. The van der Waals surface area contributed by atoms with Crippen LogP contribution in [0.25, 0.3) is 22.0 Å². The Balaban J connectivity index is 1.80. The summed E-state index contributed by atoms with van der Waals surface area (Å²) in [6.45, 7) is 0.0530. The Bertz CT molecular complexity index is 1660. The molecule has 0 amide bonds. The lowest BCUT2D eigenvalue weighted by atomic mass is 9.82. The van der Waals surface area contributed by atoms with E-state index in [0.717, 1.165) is 27.6 Å². The van der Waals surface area contributed by atoms with Crippen molar-refractivity contribution in [1.82, 2.24) is 14.1 Å². The number of nitrogens with zero attached hydrogens (tertiary/aromatic N) is 4. The summed E-state index contributed by atoms with van der Waals surface area (Å²) in [5.41, 5.74) is 3.06. The zero-order valence-electron chi connectivity index (χ0n) is 19.7. The molecule has 0 spiro atoms. The summed E-state index contributed by atoms with van der Waals surface area (Å²) in [7, 11) is 3.54. The van der Waals surface area contributed by atoms with Crippen LogP contribution in [0.1, 0.15) is 22.4 Å². The maximum absolute atomic E-state index is 12.8. The third kappa shape index (κ3) is 3.92. The van der Waals surface area contributed by atoms with E-state index >= 15 is 0 Å². The van der Waals surface area contributed by atoms with Crippen LogP contribution >= 0.6 is 11.6 Å². The standard InChI is InChI=1S/C28H23ClN4O3/c1-32-17-30-16-26(32)28(35,20-8-6-18(7-9-20)15-31-36)21-10-11-25-24(13-21)23(14-27(34)33(25)2)19-4-3-5-22(29)12-19/h3-14,16-17,35H,15H2,1-2H3. The Hall–Kier alpha value is -4.07. The molecule has 0 saturated heterocycles. The molecule has 5 rings (SSSR count). The number of aryl methyl sites for hydroxylation is 2. The fourth-order valence-corrected chi connectivity index (χ4v) is 4.87. The average molecular weight is 499 g/mol. The summed E-state index contributed by atoms with van der Waals surface area (Å²) in [6.07, 6.45) is 3.26. The summed E-state index contributed by atoms with van der Waals surface area (Å²) < 4.78 is 3.35. The predicted molar refractivity (Wildman–Crippen MR) is 141 cm³/mol. The SMILES string of the molecule is Cn1cncc1C(O)(c1ccc(CN=O)cc1)c1ccc2c(c1)c(-c1cccc(Cl)c1)cc(=O)n2C. The van der Waals surface area contributed by atoms with E-state index in [-0.39, 0.29) is 12.1 Å². The summed E-state index contributed by atoms with van der Waals surface area (Å²) in [4.78, 5) is 27.7. The minimum absolute atomic E-state index is 0.0530. The van der Waals surface area contributed by atoms with E-state index in [2.05, 4.69) is 10.2 Å². The van der Waals surface area contributed by atoms with Gasteiger partial charge in [0.15, 0.2) is 5.60 Å². The van der Waals surface area contributed by atoms with E-state index in [4.69, 9.17) is 11.6 Å². The molecule has 0 aliphatic heterocycles. The molecule has 2 heterocycles. The molecule has 7 nitrogen and oxygen atoms in total. The van der Waals surface area contributed by atoms with Crippen LogP contribution in [-0.2, 0) is 26.2 Å². The van der Waals surface area contributed by atoms with Gasteiger partial charge in [-0.3, -0.25) is 4.79 Å². The van der Waals surface area contributed by atoms with Gasteiger partial charge < -0.3 is 14.2 Å². The van der Waals surface area contributed by atoms with Crippen molar-refractivity contribution in [3.05, 3.63) is 128 Å². The minimum atomic E-state index is -1.56. The van der Waals surface area contributed by atoms with Crippen LogP contribution in [0.5, 0.6) is 0 Å². The van der Waals surface area contributed by atoms with Crippen molar-refractivity contribution in [3.8, 4) is 11.1 Å². The van der Waals surface area contributed by atoms with Gasteiger partial charge in [-0.2, -0.15) is 4.91 Å². The molecule has 0 fully saturated rings. The lowest BCUT2D eigenvalue weighted by Gasteiger charge is -2.30. The van der Waals surface area contributed by atoms with Crippen LogP contribution in [0.4, 0.5) is 0 Å². The molecule has 180 valence electrons. The van der Waals surface area contributed by atoms with E-state index < -0.39 is 5.60 Å². The van der Waals surface area contributed by atoms with E-state index in [1.807, 2.05) is 43.4 Å². The average Bonchev–Trinajstić information content (AvgIpc) is 3.32. The van der Waals surface area contributed by atoms with Gasteiger partial charge in [0.05, 0.1) is 23.7 Å². The minimum Gasteiger partial charge on any atom is -0.374 e. The summed E-state index contributed by atoms with van der Waals surface area (Å²) in [5.74, 6) is 0. The Labute approximate surface area is 212 Å². The summed E-state index contributed by atoms with van der Waals surface area (Å²) in [6, 6.07) is 21.6. The van der Waals surface area contributed by atoms with Crippen molar-refractivity contribution in [3.63, 3.8) is 0 Å². The van der Waals surface area contributed by atoms with Gasteiger partial charge in [0.2, 0.25) is 0 Å². The van der Waals surface area contributed by atoms with Gasteiger partial charge in [-0.1, -0.05) is 59.2 Å². The zero-order valence-corrected chi connectivity index (χ0v) is 20.5. The van der Waals surface area contributed by atoms with E-state index in [0.29, 0.717) is 21.8 Å². The van der Waals surface area contributed by atoms with Gasteiger partial charge >= 0.3 is 0 Å². The highest BCUT2D eigenvalue weighted by Crippen LogP contribution is 2.39. The molecule has 2 aromatic heterocycles. The maximum Gasteiger partial charge on any atom is 0.251 e. The van der Waals surface area contributed by atoms with Crippen molar-refractivity contribution in [1.29, 1.82) is 0 Å². The van der Waals surface area contributed by atoms with Crippen molar-refractivity contribution in [2.45, 2.75) is 12.1 Å². The lowest BCUT2D eigenvalue weighted by Crippen LogP contribution is -2.31. The smallest absolute Gasteiger partial charge is 0.251 e. The highest BCUT2D eigenvalue weighted by atomic mass is 35.5. The molecule has 5 aromatic rings. The molecule has 8 heteroatoms. The van der Waals surface area contributed by atoms with Crippen LogP contribution in [-0.4, -0.2) is 19.2 Å². The molecule has 0 saturated carbocycles. The second-order valence-corrected chi connectivity index (χ2v) is 9.22. The maximum atomic E-state index is 12.8. The number of hydrogen-bond donors (Lipinski definition) is 1. The van der Waals surface area contributed by atoms with Gasteiger partial charge in [0, 0.05) is 30.6 Å². The normalized spacial score (nSPS) is 13.0. The first-order chi connectivity index (χ1) is 17.3. The third-order valence-corrected chi connectivity index (χ3v) is 6.84. The Morgan fingerprint density at radius 1 is 1.00 bits per heavy atom. The molecule has 36 heavy (non-hydrogen) atoms. The van der Waals surface area contributed by atoms with Crippen LogP contribution < -0.4 is 5.56 Å².